The zero-order chi connectivity index (χ0) is 22.2. The summed E-state index contributed by atoms with van der Waals surface area (Å²) in [5, 5.41) is 5.52. The van der Waals surface area contributed by atoms with Crippen LogP contribution in [0.1, 0.15) is 21.5 Å². The summed E-state index contributed by atoms with van der Waals surface area (Å²) in [7, 11) is 3.57. The van der Waals surface area contributed by atoms with Crippen LogP contribution in [-0.4, -0.2) is 32.5 Å². The molecule has 1 unspecified atom stereocenters. The molecule has 2 amide bonds. The van der Waals surface area contributed by atoms with Gasteiger partial charge in [0.15, 0.2) is 6.54 Å². The Morgan fingerprint density at radius 2 is 1.45 bits per heavy atom. The van der Waals surface area contributed by atoms with E-state index in [1.54, 1.807) is 19.2 Å². The lowest BCUT2D eigenvalue weighted by atomic mass is 10.1. The number of benzene rings is 3. The van der Waals surface area contributed by atoms with E-state index >= 15 is 0 Å². The molecule has 3 N–H and O–H groups in total. The number of hydrogen-bond acceptors (Lipinski definition) is 3. The Kier molecular flexibility index (Phi) is 7.40. The molecule has 0 fully saturated rings. The van der Waals surface area contributed by atoms with E-state index in [4.69, 9.17) is 4.74 Å². The fourth-order valence-electron chi connectivity index (χ4n) is 3.16. The number of carbonyl (C=O) groups is 2. The molecule has 3 aromatic carbocycles. The molecule has 0 aliphatic carbocycles. The van der Waals surface area contributed by atoms with Crippen LogP contribution in [0.3, 0.4) is 0 Å². The Hall–Kier alpha value is -3.64. The lowest BCUT2D eigenvalue weighted by Crippen LogP contribution is -3.08. The number of nitrogens with one attached hydrogen (secondary N) is 3. The highest BCUT2D eigenvalue weighted by Crippen LogP contribution is 2.23. The van der Waals surface area contributed by atoms with Crippen LogP contribution in [0, 0.1) is 6.92 Å². The minimum atomic E-state index is -0.109. The molecule has 0 aliphatic heterocycles. The van der Waals surface area contributed by atoms with Gasteiger partial charge in [-0.05, 0) is 55.5 Å². The highest BCUT2D eigenvalue weighted by atomic mass is 16.5. The topological polar surface area (TPSA) is 71.9 Å². The number of likely N-dealkylation sites (N-methyl/N-ethyl adjacent to an activating group) is 1. The van der Waals surface area contributed by atoms with Crippen molar-refractivity contribution in [2.75, 3.05) is 26.0 Å². The molecule has 160 valence electrons. The molecule has 3 rings (SSSR count). The normalized spacial score (nSPS) is 11.5. The molecular formula is C25H28N3O3+. The van der Waals surface area contributed by atoms with E-state index in [2.05, 4.69) is 10.6 Å². The van der Waals surface area contributed by atoms with E-state index in [1.807, 2.05) is 74.6 Å². The van der Waals surface area contributed by atoms with E-state index < -0.39 is 0 Å². The van der Waals surface area contributed by atoms with Gasteiger partial charge >= 0.3 is 0 Å². The minimum absolute atomic E-state index is 0.0633. The number of hydrogen-bond donors (Lipinski definition) is 3. The van der Waals surface area contributed by atoms with Gasteiger partial charge in [0.2, 0.25) is 0 Å². The first-order valence-electron chi connectivity index (χ1n) is 10.2. The molecule has 0 bridgehead atoms. The van der Waals surface area contributed by atoms with Crippen LogP contribution in [0.5, 0.6) is 11.5 Å². The summed E-state index contributed by atoms with van der Waals surface area (Å²) in [4.78, 5) is 25.0. The number of carbonyl (C=O) groups excluding carboxylic acids is 2. The molecule has 3 aromatic rings. The summed E-state index contributed by atoms with van der Waals surface area (Å²) in [5.74, 6) is 1.31. The fourth-order valence-corrected chi connectivity index (χ4v) is 3.16. The fraction of sp³-hybridized carbons (Fsp3) is 0.200. The van der Waals surface area contributed by atoms with Gasteiger partial charge in [-0.25, -0.2) is 0 Å². The van der Waals surface area contributed by atoms with E-state index in [0.29, 0.717) is 24.4 Å². The first kappa shape index (κ1) is 22.1. The van der Waals surface area contributed by atoms with Crippen molar-refractivity contribution in [3.8, 4) is 11.5 Å². The number of anilines is 1. The smallest absolute Gasteiger partial charge is 0.279 e. The number of aryl methyl sites for hydroxylation is 1. The van der Waals surface area contributed by atoms with Crippen molar-refractivity contribution in [1.82, 2.24) is 5.32 Å². The quantitative estimate of drug-likeness (QED) is 0.527. The molecule has 0 spiro atoms. The van der Waals surface area contributed by atoms with Crippen LogP contribution in [0.4, 0.5) is 5.69 Å². The molecule has 6 nitrogen and oxygen atoms in total. The molecular weight excluding hydrogens is 390 g/mol. The second-order valence-corrected chi connectivity index (χ2v) is 7.57. The average Bonchev–Trinajstić information content (AvgIpc) is 2.76. The number of rotatable bonds is 8. The molecule has 31 heavy (non-hydrogen) atoms. The van der Waals surface area contributed by atoms with Crippen molar-refractivity contribution in [2.45, 2.75) is 13.5 Å². The molecule has 1 atom stereocenters. The van der Waals surface area contributed by atoms with Crippen molar-refractivity contribution >= 4 is 17.5 Å². The summed E-state index contributed by atoms with van der Waals surface area (Å²) in [6.07, 6.45) is 0. The highest BCUT2D eigenvalue weighted by Gasteiger charge is 2.12. The summed E-state index contributed by atoms with van der Waals surface area (Å²) in [6, 6.07) is 22.6. The molecule has 0 radical (unpaired) electrons. The Morgan fingerprint density at radius 3 is 2.03 bits per heavy atom. The van der Waals surface area contributed by atoms with Crippen molar-refractivity contribution in [3.05, 3.63) is 89.5 Å². The van der Waals surface area contributed by atoms with E-state index in [1.165, 1.54) is 5.56 Å². The van der Waals surface area contributed by atoms with Crippen molar-refractivity contribution < 1.29 is 19.2 Å². The summed E-state index contributed by atoms with van der Waals surface area (Å²) in [6.45, 7) is 3.05. The predicted molar refractivity (Wildman–Crippen MR) is 122 cm³/mol. The van der Waals surface area contributed by atoms with Gasteiger partial charge in [0, 0.05) is 23.9 Å². The third kappa shape index (κ3) is 6.69. The Labute approximate surface area is 182 Å². The van der Waals surface area contributed by atoms with Crippen molar-refractivity contribution in [3.63, 3.8) is 0 Å². The standard InChI is InChI=1S/C25H27N3O3/c1-18-4-12-22(13-5-18)31-23-14-10-21(11-15-23)27-24(29)17-28(3)16-19-6-8-20(9-7-19)25(30)26-2/h4-15H,16-17H2,1-3H3,(H,26,30)(H,27,29)/p+1. The van der Waals surface area contributed by atoms with Crippen LogP contribution in [0.15, 0.2) is 72.8 Å². The Balaban J connectivity index is 1.48. The van der Waals surface area contributed by atoms with Gasteiger partial charge in [-0.3, -0.25) is 9.59 Å². The predicted octanol–water partition coefficient (Wildman–Crippen LogP) is 2.80. The molecule has 0 aliphatic rings. The second kappa shape index (κ2) is 10.4. The molecule has 0 heterocycles. The first-order chi connectivity index (χ1) is 14.9. The van der Waals surface area contributed by atoms with Gasteiger partial charge in [-0.15, -0.1) is 0 Å². The zero-order valence-electron chi connectivity index (χ0n) is 18.1. The van der Waals surface area contributed by atoms with Crippen LogP contribution < -0.4 is 20.3 Å². The molecule has 6 heteroatoms. The lowest BCUT2D eigenvalue weighted by Gasteiger charge is -2.14. The van der Waals surface area contributed by atoms with Gasteiger partial charge in [-0.1, -0.05) is 29.8 Å². The van der Waals surface area contributed by atoms with Gasteiger partial charge in [0.05, 0.1) is 7.05 Å². The van der Waals surface area contributed by atoms with E-state index in [-0.39, 0.29) is 11.8 Å². The maximum Gasteiger partial charge on any atom is 0.279 e. The number of amides is 2. The van der Waals surface area contributed by atoms with Gasteiger partial charge in [0.1, 0.15) is 18.0 Å². The van der Waals surface area contributed by atoms with Crippen molar-refractivity contribution in [1.29, 1.82) is 0 Å². The van der Waals surface area contributed by atoms with Crippen LogP contribution in [-0.2, 0) is 11.3 Å². The molecule has 0 saturated carbocycles. The van der Waals surface area contributed by atoms with E-state index in [9.17, 15) is 9.59 Å². The molecule has 0 aromatic heterocycles. The second-order valence-electron chi connectivity index (χ2n) is 7.57. The third-order valence-electron chi connectivity index (χ3n) is 4.81. The van der Waals surface area contributed by atoms with Crippen LogP contribution in [0.2, 0.25) is 0 Å². The van der Waals surface area contributed by atoms with Crippen molar-refractivity contribution in [2.24, 2.45) is 0 Å². The maximum absolute atomic E-state index is 12.4. The lowest BCUT2D eigenvalue weighted by molar-refractivity contribution is -0.885. The first-order valence-corrected chi connectivity index (χ1v) is 10.2. The monoisotopic (exact) mass is 418 g/mol. The van der Waals surface area contributed by atoms with Crippen LogP contribution >= 0.6 is 0 Å². The van der Waals surface area contributed by atoms with E-state index in [0.717, 1.165) is 21.9 Å². The third-order valence-corrected chi connectivity index (χ3v) is 4.81. The Bertz CT molecular complexity index is 1010. The highest BCUT2D eigenvalue weighted by molar-refractivity contribution is 5.94. The zero-order valence-corrected chi connectivity index (χ0v) is 18.1. The largest absolute Gasteiger partial charge is 0.457 e. The van der Waals surface area contributed by atoms with Crippen LogP contribution in [0.25, 0.3) is 0 Å². The Morgan fingerprint density at radius 1 is 0.871 bits per heavy atom. The number of ether oxygens (including phenoxy) is 1. The maximum atomic E-state index is 12.4. The number of quaternary nitrogens is 1. The van der Waals surface area contributed by atoms with Gasteiger partial charge in [0.25, 0.3) is 11.8 Å². The van der Waals surface area contributed by atoms with Gasteiger partial charge in [-0.2, -0.15) is 0 Å². The van der Waals surface area contributed by atoms with Gasteiger partial charge < -0.3 is 20.3 Å². The summed E-state index contributed by atoms with van der Waals surface area (Å²) < 4.78 is 5.81. The average molecular weight is 419 g/mol. The SMILES string of the molecule is CNC(=O)c1ccc(C[NH+](C)CC(=O)Nc2ccc(Oc3ccc(C)cc3)cc2)cc1. The summed E-state index contributed by atoms with van der Waals surface area (Å²) in [5.41, 5.74) is 3.59. The minimum Gasteiger partial charge on any atom is -0.457 e. The molecule has 0 saturated heterocycles. The summed E-state index contributed by atoms with van der Waals surface area (Å²) >= 11 is 0.